The molecule has 0 heterocycles. The molecule has 0 aromatic heterocycles. The van der Waals surface area contributed by atoms with E-state index in [9.17, 15) is 35.1 Å². The molecule has 0 N–H and O–H groups in total. The quantitative estimate of drug-likeness (QED) is 0.519. The summed E-state index contributed by atoms with van der Waals surface area (Å²) in [5, 5.41) is 0. The lowest BCUT2D eigenvalue weighted by molar-refractivity contribution is -0.140. The van der Waals surface area contributed by atoms with Crippen molar-refractivity contribution < 1.29 is 35.1 Å². The van der Waals surface area contributed by atoms with Crippen LogP contribution in [0.1, 0.15) is 38.9 Å². The summed E-state index contributed by atoms with van der Waals surface area (Å²) >= 11 is 0. The SMILES string of the molecule is Cc1ccc(C(F)(F)F)c(F)c1Cc1cc(C(F)(F)F)c(C)c(C)c1F. The van der Waals surface area contributed by atoms with Gasteiger partial charge in [-0.05, 0) is 60.7 Å². The van der Waals surface area contributed by atoms with Gasteiger partial charge in [0.2, 0.25) is 0 Å². The zero-order valence-electron chi connectivity index (χ0n) is 14.0. The fourth-order valence-electron chi connectivity index (χ4n) is 2.72. The zero-order valence-corrected chi connectivity index (χ0v) is 14.0. The van der Waals surface area contributed by atoms with Crippen LogP contribution in [0.4, 0.5) is 35.1 Å². The maximum Gasteiger partial charge on any atom is 0.419 e. The van der Waals surface area contributed by atoms with Gasteiger partial charge < -0.3 is 0 Å². The molecule has 0 aliphatic rings. The van der Waals surface area contributed by atoms with Crippen molar-refractivity contribution >= 4 is 0 Å². The van der Waals surface area contributed by atoms with Crippen LogP contribution in [0.15, 0.2) is 18.2 Å². The van der Waals surface area contributed by atoms with Crippen molar-refractivity contribution in [1.82, 2.24) is 0 Å². The van der Waals surface area contributed by atoms with Crippen molar-refractivity contribution in [2.24, 2.45) is 0 Å². The zero-order chi connectivity index (χ0) is 20.0. The van der Waals surface area contributed by atoms with E-state index in [-0.39, 0.29) is 16.7 Å². The molecule has 26 heavy (non-hydrogen) atoms. The molecule has 0 amide bonds. The number of hydrogen-bond acceptors (Lipinski definition) is 0. The minimum absolute atomic E-state index is 0.0849. The molecule has 0 nitrogen and oxygen atoms in total. The number of rotatable bonds is 2. The third-order valence-corrected chi connectivity index (χ3v) is 4.35. The first kappa shape index (κ1) is 20.2. The summed E-state index contributed by atoms with van der Waals surface area (Å²) in [6.07, 6.45) is -10.5. The summed E-state index contributed by atoms with van der Waals surface area (Å²) in [4.78, 5) is 0. The van der Waals surface area contributed by atoms with Gasteiger partial charge in [0.05, 0.1) is 11.1 Å². The van der Waals surface area contributed by atoms with E-state index in [2.05, 4.69) is 0 Å². The summed E-state index contributed by atoms with van der Waals surface area (Å²) in [6.45, 7) is 3.54. The molecule has 0 fully saturated rings. The van der Waals surface area contributed by atoms with Gasteiger partial charge in [0.15, 0.2) is 0 Å². The lowest BCUT2D eigenvalue weighted by Crippen LogP contribution is -2.14. The predicted octanol–water partition coefficient (Wildman–Crippen LogP) is 6.52. The van der Waals surface area contributed by atoms with E-state index >= 15 is 0 Å². The maximum absolute atomic E-state index is 14.4. The molecule has 0 bridgehead atoms. The standard InChI is InChI=1S/C18H14F8/c1-8-4-5-13(17(21,22)23)16(20)12(8)6-11-7-14(18(24,25)26)9(2)10(3)15(11)19/h4-5,7H,6H2,1-3H3. The molecule has 0 radical (unpaired) electrons. The van der Waals surface area contributed by atoms with E-state index in [0.29, 0.717) is 12.1 Å². The Bertz CT molecular complexity index is 844. The van der Waals surface area contributed by atoms with Crippen LogP contribution in [-0.4, -0.2) is 0 Å². The monoisotopic (exact) mass is 382 g/mol. The number of aryl methyl sites for hydroxylation is 1. The van der Waals surface area contributed by atoms with Gasteiger partial charge in [0, 0.05) is 6.42 Å². The fourth-order valence-corrected chi connectivity index (χ4v) is 2.72. The van der Waals surface area contributed by atoms with Gasteiger partial charge in [-0.3, -0.25) is 0 Å². The van der Waals surface area contributed by atoms with Gasteiger partial charge in [-0.2, -0.15) is 26.3 Å². The Morgan fingerprint density at radius 3 is 1.77 bits per heavy atom. The van der Waals surface area contributed by atoms with Crippen LogP contribution < -0.4 is 0 Å². The molecule has 0 unspecified atom stereocenters. The Morgan fingerprint density at radius 2 is 1.27 bits per heavy atom. The third kappa shape index (κ3) is 3.68. The van der Waals surface area contributed by atoms with Crippen LogP contribution in [0, 0.1) is 32.4 Å². The Hall–Kier alpha value is -2.12. The van der Waals surface area contributed by atoms with E-state index in [1.807, 2.05) is 0 Å². The van der Waals surface area contributed by atoms with Crippen LogP contribution in [-0.2, 0) is 18.8 Å². The lowest BCUT2D eigenvalue weighted by atomic mass is 9.92. The van der Waals surface area contributed by atoms with Crippen molar-refractivity contribution in [1.29, 1.82) is 0 Å². The fraction of sp³-hybridized carbons (Fsp3) is 0.333. The molecule has 2 aromatic carbocycles. The molecular weight excluding hydrogens is 368 g/mol. The molecule has 0 saturated heterocycles. The summed E-state index contributed by atoms with van der Waals surface area (Å²) in [5.74, 6) is -2.60. The second-order valence-corrected chi connectivity index (χ2v) is 6.04. The molecule has 142 valence electrons. The van der Waals surface area contributed by atoms with Crippen LogP contribution in [0.25, 0.3) is 0 Å². The van der Waals surface area contributed by atoms with Gasteiger partial charge in [0.25, 0.3) is 0 Å². The average Bonchev–Trinajstić information content (AvgIpc) is 2.48. The van der Waals surface area contributed by atoms with E-state index in [1.165, 1.54) is 6.92 Å². The largest absolute Gasteiger partial charge is 0.419 e. The number of halogens is 8. The third-order valence-electron chi connectivity index (χ3n) is 4.35. The van der Waals surface area contributed by atoms with Gasteiger partial charge in [-0.25, -0.2) is 8.78 Å². The average molecular weight is 382 g/mol. The van der Waals surface area contributed by atoms with Crippen LogP contribution >= 0.6 is 0 Å². The predicted molar refractivity (Wildman–Crippen MR) is 79.8 cm³/mol. The first-order valence-corrected chi connectivity index (χ1v) is 7.46. The first-order chi connectivity index (χ1) is 11.7. The van der Waals surface area contributed by atoms with E-state index in [0.717, 1.165) is 19.9 Å². The maximum atomic E-state index is 14.4. The normalized spacial score (nSPS) is 12.6. The second kappa shape index (κ2) is 6.55. The highest BCUT2D eigenvalue weighted by Gasteiger charge is 2.36. The first-order valence-electron chi connectivity index (χ1n) is 7.46. The van der Waals surface area contributed by atoms with Crippen molar-refractivity contribution in [3.63, 3.8) is 0 Å². The van der Waals surface area contributed by atoms with Gasteiger partial charge in [-0.1, -0.05) is 6.07 Å². The minimum atomic E-state index is -4.97. The van der Waals surface area contributed by atoms with Crippen LogP contribution in [0.5, 0.6) is 0 Å². The summed E-state index contributed by atoms with van der Waals surface area (Å²) in [5.41, 5.74) is -4.16. The number of benzene rings is 2. The minimum Gasteiger partial charge on any atom is -0.206 e. The summed E-state index contributed by atoms with van der Waals surface area (Å²) in [7, 11) is 0. The van der Waals surface area contributed by atoms with Crippen molar-refractivity contribution in [3.05, 3.63) is 68.8 Å². The van der Waals surface area contributed by atoms with Gasteiger partial charge in [-0.15, -0.1) is 0 Å². The molecule has 0 saturated carbocycles. The van der Waals surface area contributed by atoms with E-state index in [4.69, 9.17) is 0 Å². The van der Waals surface area contributed by atoms with Crippen LogP contribution in [0.2, 0.25) is 0 Å². The second-order valence-electron chi connectivity index (χ2n) is 6.04. The summed E-state index contributed by atoms with van der Waals surface area (Å²) in [6, 6.07) is 2.08. The van der Waals surface area contributed by atoms with Crippen molar-refractivity contribution in [3.8, 4) is 0 Å². The molecule has 0 aliphatic carbocycles. The van der Waals surface area contributed by atoms with Gasteiger partial charge >= 0.3 is 12.4 Å². The van der Waals surface area contributed by atoms with E-state index in [1.54, 1.807) is 0 Å². The van der Waals surface area contributed by atoms with Gasteiger partial charge in [0.1, 0.15) is 11.6 Å². The topological polar surface area (TPSA) is 0 Å². The number of hydrogen-bond donors (Lipinski definition) is 0. The highest BCUT2D eigenvalue weighted by atomic mass is 19.4. The Morgan fingerprint density at radius 1 is 0.731 bits per heavy atom. The Labute approximate surface area is 144 Å². The molecule has 8 heteroatoms. The molecule has 2 rings (SSSR count). The smallest absolute Gasteiger partial charge is 0.206 e. The highest BCUT2D eigenvalue weighted by molar-refractivity contribution is 5.44. The molecule has 0 atom stereocenters. The van der Waals surface area contributed by atoms with Crippen molar-refractivity contribution in [2.75, 3.05) is 0 Å². The molecule has 2 aromatic rings. The van der Waals surface area contributed by atoms with Crippen LogP contribution in [0.3, 0.4) is 0 Å². The number of alkyl halides is 6. The lowest BCUT2D eigenvalue weighted by Gasteiger charge is -2.18. The molecule has 0 aliphatic heterocycles. The molecule has 0 spiro atoms. The highest BCUT2D eigenvalue weighted by Crippen LogP contribution is 2.37. The molecular formula is C18H14F8. The Balaban J connectivity index is 2.65. The summed E-state index contributed by atoms with van der Waals surface area (Å²) < 4.78 is 107. The Kier molecular flexibility index (Phi) is 5.09. The van der Waals surface area contributed by atoms with E-state index < -0.39 is 52.7 Å². The van der Waals surface area contributed by atoms with Crippen molar-refractivity contribution in [2.45, 2.75) is 39.5 Å².